The molecule has 0 spiro atoms. The van der Waals surface area contributed by atoms with Crippen molar-refractivity contribution in [1.29, 1.82) is 0 Å². The van der Waals surface area contributed by atoms with Gasteiger partial charge in [0.25, 0.3) is 0 Å². The molecule has 0 saturated carbocycles. The first-order chi connectivity index (χ1) is 10.7. The number of oxime groups is 1. The van der Waals surface area contributed by atoms with Crippen LogP contribution in [0.5, 0.6) is 0 Å². The monoisotopic (exact) mass is 313 g/mol. The van der Waals surface area contributed by atoms with Gasteiger partial charge in [-0.25, -0.2) is 0 Å². The van der Waals surface area contributed by atoms with E-state index < -0.39 is 5.97 Å². The van der Waals surface area contributed by atoms with E-state index in [0.29, 0.717) is 6.42 Å². The standard InChI is InChI=1S/C18H35NO3/c1-2-3-4-11-14-17(19-22)15-12-9-7-5-6-8-10-13-16-18(20)21/h22H,2-16H2,1H3,(H,20,21). The Kier molecular flexibility index (Phi) is 15.5. The fourth-order valence-corrected chi connectivity index (χ4v) is 2.65. The first-order valence-corrected chi connectivity index (χ1v) is 9.12. The predicted octanol–water partition coefficient (Wildman–Crippen LogP) is 5.77. The highest BCUT2D eigenvalue weighted by Crippen LogP contribution is 2.12. The minimum atomic E-state index is -0.684. The second-order valence-electron chi connectivity index (χ2n) is 6.20. The molecule has 0 aliphatic rings. The van der Waals surface area contributed by atoms with Crippen LogP contribution in [-0.2, 0) is 4.79 Å². The summed E-state index contributed by atoms with van der Waals surface area (Å²) in [4.78, 5) is 10.4. The SMILES string of the molecule is CCCCCCC(CCCCCCCCCCC(=O)O)=NO. The topological polar surface area (TPSA) is 69.9 Å². The van der Waals surface area contributed by atoms with Gasteiger partial charge in [-0.1, -0.05) is 69.9 Å². The molecule has 0 amide bonds. The van der Waals surface area contributed by atoms with Gasteiger partial charge in [-0.2, -0.15) is 0 Å². The van der Waals surface area contributed by atoms with Crippen molar-refractivity contribution < 1.29 is 15.1 Å². The van der Waals surface area contributed by atoms with E-state index in [2.05, 4.69) is 12.1 Å². The molecule has 0 unspecified atom stereocenters. The zero-order valence-electron chi connectivity index (χ0n) is 14.4. The van der Waals surface area contributed by atoms with E-state index in [4.69, 9.17) is 10.3 Å². The number of carboxylic acid groups (broad SMARTS) is 1. The first kappa shape index (κ1) is 20.9. The lowest BCUT2D eigenvalue weighted by Crippen LogP contribution is -1.99. The average molecular weight is 313 g/mol. The van der Waals surface area contributed by atoms with Gasteiger partial charge in [0, 0.05) is 6.42 Å². The van der Waals surface area contributed by atoms with E-state index >= 15 is 0 Å². The molecule has 2 N–H and O–H groups in total. The predicted molar refractivity (Wildman–Crippen MR) is 91.8 cm³/mol. The number of aliphatic carboxylic acids is 1. The molecule has 22 heavy (non-hydrogen) atoms. The molecule has 0 bridgehead atoms. The molecule has 4 heteroatoms. The van der Waals surface area contributed by atoms with Crippen molar-refractivity contribution in [2.75, 3.05) is 0 Å². The van der Waals surface area contributed by atoms with Crippen molar-refractivity contribution in [1.82, 2.24) is 0 Å². The molecule has 0 rings (SSSR count). The number of unbranched alkanes of at least 4 members (excludes halogenated alkanes) is 10. The summed E-state index contributed by atoms with van der Waals surface area (Å²) in [6.45, 7) is 2.20. The molecule has 0 aliphatic carbocycles. The van der Waals surface area contributed by atoms with E-state index in [1.54, 1.807) is 0 Å². The van der Waals surface area contributed by atoms with Gasteiger partial charge in [0.15, 0.2) is 0 Å². The van der Waals surface area contributed by atoms with Gasteiger partial charge in [0.05, 0.1) is 5.71 Å². The minimum Gasteiger partial charge on any atom is -0.481 e. The molecule has 0 aliphatic heterocycles. The van der Waals surface area contributed by atoms with Crippen LogP contribution in [0.25, 0.3) is 0 Å². The summed E-state index contributed by atoms with van der Waals surface area (Å²) >= 11 is 0. The van der Waals surface area contributed by atoms with Gasteiger partial charge in [0.2, 0.25) is 0 Å². The van der Waals surface area contributed by atoms with E-state index in [1.165, 1.54) is 44.9 Å². The molecule has 0 radical (unpaired) electrons. The van der Waals surface area contributed by atoms with Crippen molar-refractivity contribution in [2.45, 2.75) is 103 Å². The smallest absolute Gasteiger partial charge is 0.303 e. The Morgan fingerprint density at radius 1 is 0.727 bits per heavy atom. The van der Waals surface area contributed by atoms with E-state index in [1.807, 2.05) is 0 Å². The molecule has 0 saturated heterocycles. The van der Waals surface area contributed by atoms with Crippen LogP contribution in [0.2, 0.25) is 0 Å². The van der Waals surface area contributed by atoms with Crippen LogP contribution in [0.4, 0.5) is 0 Å². The largest absolute Gasteiger partial charge is 0.481 e. The molecule has 4 nitrogen and oxygen atoms in total. The van der Waals surface area contributed by atoms with Crippen molar-refractivity contribution in [2.24, 2.45) is 5.16 Å². The molecular weight excluding hydrogens is 278 g/mol. The Labute approximate surface area is 136 Å². The average Bonchev–Trinajstić information content (AvgIpc) is 2.50. The van der Waals surface area contributed by atoms with E-state index in [9.17, 15) is 4.79 Å². The molecule has 0 aromatic carbocycles. The Bertz CT molecular complexity index is 290. The van der Waals surface area contributed by atoms with Gasteiger partial charge in [-0.3, -0.25) is 4.79 Å². The molecule has 130 valence electrons. The van der Waals surface area contributed by atoms with Crippen LogP contribution < -0.4 is 0 Å². The van der Waals surface area contributed by atoms with Crippen molar-refractivity contribution in [3.63, 3.8) is 0 Å². The minimum absolute atomic E-state index is 0.307. The molecule has 0 aromatic heterocycles. The summed E-state index contributed by atoms with van der Waals surface area (Å²) in [5.74, 6) is -0.684. The highest BCUT2D eigenvalue weighted by Gasteiger charge is 2.01. The molecule has 0 aromatic rings. The zero-order valence-corrected chi connectivity index (χ0v) is 14.4. The maximum atomic E-state index is 10.4. The Morgan fingerprint density at radius 3 is 1.55 bits per heavy atom. The third-order valence-corrected chi connectivity index (χ3v) is 4.07. The maximum Gasteiger partial charge on any atom is 0.303 e. The van der Waals surface area contributed by atoms with E-state index in [-0.39, 0.29) is 0 Å². The van der Waals surface area contributed by atoms with Crippen LogP contribution in [0, 0.1) is 0 Å². The summed E-state index contributed by atoms with van der Waals surface area (Å²) < 4.78 is 0. The number of nitrogens with zero attached hydrogens (tertiary/aromatic N) is 1. The number of hydrogen-bond acceptors (Lipinski definition) is 3. The van der Waals surface area contributed by atoms with Gasteiger partial charge >= 0.3 is 5.97 Å². The lowest BCUT2D eigenvalue weighted by Gasteiger charge is -2.05. The van der Waals surface area contributed by atoms with Crippen LogP contribution in [-0.4, -0.2) is 22.0 Å². The fraction of sp³-hybridized carbons (Fsp3) is 0.889. The van der Waals surface area contributed by atoms with Crippen LogP contribution in [0.1, 0.15) is 103 Å². The lowest BCUT2D eigenvalue weighted by atomic mass is 10.0. The summed E-state index contributed by atoms with van der Waals surface area (Å²) in [6.07, 6.45) is 16.0. The van der Waals surface area contributed by atoms with E-state index in [0.717, 1.165) is 50.7 Å². The number of carboxylic acids is 1. The van der Waals surface area contributed by atoms with Crippen molar-refractivity contribution in [3.8, 4) is 0 Å². The zero-order chi connectivity index (χ0) is 16.5. The van der Waals surface area contributed by atoms with Gasteiger partial charge < -0.3 is 10.3 Å². The normalized spacial score (nSPS) is 11.8. The fourth-order valence-electron chi connectivity index (χ4n) is 2.65. The second kappa shape index (κ2) is 16.3. The molecule has 0 atom stereocenters. The highest BCUT2D eigenvalue weighted by atomic mass is 16.4. The third-order valence-electron chi connectivity index (χ3n) is 4.07. The quantitative estimate of drug-likeness (QED) is 0.164. The summed E-state index contributed by atoms with van der Waals surface area (Å²) in [5, 5.41) is 21.0. The van der Waals surface area contributed by atoms with Crippen molar-refractivity contribution >= 4 is 11.7 Å². The Balaban J connectivity index is 3.31. The first-order valence-electron chi connectivity index (χ1n) is 9.12. The van der Waals surface area contributed by atoms with Crippen LogP contribution in [0.3, 0.4) is 0 Å². The van der Waals surface area contributed by atoms with Crippen molar-refractivity contribution in [3.05, 3.63) is 0 Å². The van der Waals surface area contributed by atoms with Crippen LogP contribution in [0.15, 0.2) is 5.16 Å². The Morgan fingerprint density at radius 2 is 1.14 bits per heavy atom. The van der Waals surface area contributed by atoms with Gasteiger partial charge in [-0.15, -0.1) is 0 Å². The van der Waals surface area contributed by atoms with Crippen LogP contribution >= 0.6 is 0 Å². The summed E-state index contributed by atoms with van der Waals surface area (Å²) in [5.41, 5.74) is 0.963. The maximum absolute atomic E-state index is 10.4. The summed E-state index contributed by atoms with van der Waals surface area (Å²) in [7, 11) is 0. The van der Waals surface area contributed by atoms with Gasteiger partial charge in [0.1, 0.15) is 0 Å². The molecule has 0 heterocycles. The second-order valence-corrected chi connectivity index (χ2v) is 6.20. The summed E-state index contributed by atoms with van der Waals surface area (Å²) in [6, 6.07) is 0. The number of carbonyl (C=O) groups is 1. The number of rotatable bonds is 16. The lowest BCUT2D eigenvalue weighted by molar-refractivity contribution is -0.137. The molecular formula is C18H35NO3. The van der Waals surface area contributed by atoms with Gasteiger partial charge in [-0.05, 0) is 32.1 Å². The third kappa shape index (κ3) is 15.3. The highest BCUT2D eigenvalue weighted by molar-refractivity contribution is 5.83. The Hall–Kier alpha value is -1.06. The molecule has 0 fully saturated rings. The number of hydrogen-bond donors (Lipinski definition) is 2.